The summed E-state index contributed by atoms with van der Waals surface area (Å²) in [5.41, 5.74) is 6.58. The fourth-order valence-electron chi connectivity index (χ4n) is 4.74. The maximum absolute atomic E-state index is 13.0. The van der Waals surface area contributed by atoms with Crippen LogP contribution in [0, 0.1) is 20.8 Å². The van der Waals surface area contributed by atoms with Crippen LogP contribution in [-0.2, 0) is 11.3 Å². The summed E-state index contributed by atoms with van der Waals surface area (Å²) >= 11 is 0. The Bertz CT molecular complexity index is 1320. The summed E-state index contributed by atoms with van der Waals surface area (Å²) in [7, 11) is 0. The number of ether oxygens (including phenoxy) is 1. The van der Waals surface area contributed by atoms with Gasteiger partial charge in [0.2, 0.25) is 5.91 Å². The summed E-state index contributed by atoms with van der Waals surface area (Å²) in [6.45, 7) is 8.10. The van der Waals surface area contributed by atoms with E-state index in [0.29, 0.717) is 26.1 Å². The Balaban J connectivity index is 1.42. The number of carbonyl (C=O) groups is 1. The number of aromatic nitrogens is 2. The lowest BCUT2D eigenvalue weighted by Gasteiger charge is -2.20. The number of aryl methyl sites for hydroxylation is 2. The number of imidazole rings is 1. The highest BCUT2D eigenvalue weighted by atomic mass is 16.5. The number of rotatable bonds is 6. The van der Waals surface area contributed by atoms with E-state index in [9.17, 15) is 4.79 Å². The molecule has 1 aliphatic heterocycles. The van der Waals surface area contributed by atoms with Crippen molar-refractivity contribution in [3.63, 3.8) is 0 Å². The molecule has 1 amide bonds. The van der Waals surface area contributed by atoms with Gasteiger partial charge in [-0.25, -0.2) is 4.98 Å². The second-order valence-corrected chi connectivity index (χ2v) is 8.90. The number of nitrogens with zero attached hydrogens (tertiary/aromatic N) is 3. The van der Waals surface area contributed by atoms with Gasteiger partial charge >= 0.3 is 0 Å². The molecule has 168 valence electrons. The molecule has 5 nitrogen and oxygen atoms in total. The molecule has 4 aromatic rings. The van der Waals surface area contributed by atoms with Crippen molar-refractivity contribution in [2.75, 3.05) is 18.1 Å². The van der Waals surface area contributed by atoms with Crippen molar-refractivity contribution in [2.24, 2.45) is 0 Å². The first-order chi connectivity index (χ1) is 16.0. The number of amides is 1. The summed E-state index contributed by atoms with van der Waals surface area (Å²) in [4.78, 5) is 19.9. The van der Waals surface area contributed by atoms with Crippen LogP contribution in [0.4, 0.5) is 5.69 Å². The summed E-state index contributed by atoms with van der Waals surface area (Å²) in [6.07, 6.45) is 0.468. The van der Waals surface area contributed by atoms with Crippen LogP contribution in [0.1, 0.15) is 34.9 Å². The fraction of sp³-hybridized carbons (Fsp3) is 0.286. The third kappa shape index (κ3) is 4.11. The van der Waals surface area contributed by atoms with E-state index in [1.54, 1.807) is 0 Å². The van der Waals surface area contributed by atoms with E-state index in [-0.39, 0.29) is 11.8 Å². The average molecular weight is 440 g/mol. The van der Waals surface area contributed by atoms with E-state index in [1.807, 2.05) is 53.4 Å². The first-order valence-electron chi connectivity index (χ1n) is 11.5. The normalized spacial score (nSPS) is 16.0. The largest absolute Gasteiger partial charge is 0.492 e. The Morgan fingerprint density at radius 1 is 1.00 bits per heavy atom. The van der Waals surface area contributed by atoms with Crippen LogP contribution in [-0.4, -0.2) is 28.6 Å². The number of carbonyl (C=O) groups excluding carboxylic acids is 1. The molecule has 1 aromatic heterocycles. The predicted molar refractivity (Wildman–Crippen MR) is 132 cm³/mol. The second kappa shape index (κ2) is 8.74. The SMILES string of the molecule is Cc1cccc(OCCn2c(C3CC(=O)N(c4cccc(C)c4C)C3)nc3ccccc32)c1. The molecule has 0 aliphatic carbocycles. The van der Waals surface area contributed by atoms with E-state index >= 15 is 0 Å². The second-order valence-electron chi connectivity index (χ2n) is 8.90. The maximum atomic E-state index is 13.0. The highest BCUT2D eigenvalue weighted by Gasteiger charge is 2.35. The lowest BCUT2D eigenvalue weighted by atomic mass is 10.1. The van der Waals surface area contributed by atoms with E-state index in [1.165, 1.54) is 11.1 Å². The van der Waals surface area contributed by atoms with Gasteiger partial charge in [-0.3, -0.25) is 4.79 Å². The van der Waals surface area contributed by atoms with Crippen LogP contribution >= 0.6 is 0 Å². The first-order valence-corrected chi connectivity index (χ1v) is 11.5. The quantitative estimate of drug-likeness (QED) is 0.395. The van der Waals surface area contributed by atoms with Gasteiger partial charge in [0, 0.05) is 24.6 Å². The molecule has 1 saturated heterocycles. The predicted octanol–water partition coefficient (Wildman–Crippen LogP) is 5.56. The van der Waals surface area contributed by atoms with Crippen LogP contribution in [0.2, 0.25) is 0 Å². The molecule has 1 unspecified atom stereocenters. The molecule has 3 aromatic carbocycles. The molecule has 2 heterocycles. The van der Waals surface area contributed by atoms with Crippen LogP contribution in [0.5, 0.6) is 5.75 Å². The fourth-order valence-corrected chi connectivity index (χ4v) is 4.74. The van der Waals surface area contributed by atoms with Gasteiger partial charge in [0.1, 0.15) is 18.2 Å². The smallest absolute Gasteiger partial charge is 0.227 e. The highest BCUT2D eigenvalue weighted by Crippen LogP contribution is 2.35. The summed E-state index contributed by atoms with van der Waals surface area (Å²) in [6, 6.07) is 22.4. The molecule has 5 heteroatoms. The van der Waals surface area contributed by atoms with Crippen LogP contribution in [0.3, 0.4) is 0 Å². The lowest BCUT2D eigenvalue weighted by molar-refractivity contribution is -0.117. The lowest BCUT2D eigenvalue weighted by Crippen LogP contribution is -2.25. The molecule has 0 bridgehead atoms. The van der Waals surface area contributed by atoms with Crippen molar-refractivity contribution in [3.05, 3.63) is 89.2 Å². The Morgan fingerprint density at radius 2 is 1.82 bits per heavy atom. The third-order valence-corrected chi connectivity index (χ3v) is 6.61. The van der Waals surface area contributed by atoms with E-state index in [0.717, 1.165) is 33.9 Å². The Morgan fingerprint density at radius 3 is 2.67 bits per heavy atom. The summed E-state index contributed by atoms with van der Waals surface area (Å²) < 4.78 is 8.27. The van der Waals surface area contributed by atoms with Crippen molar-refractivity contribution >= 4 is 22.6 Å². The molecule has 0 saturated carbocycles. The molecular formula is C28H29N3O2. The first kappa shape index (κ1) is 21.3. The number of para-hydroxylation sites is 2. The van der Waals surface area contributed by atoms with Crippen LogP contribution < -0.4 is 9.64 Å². The minimum absolute atomic E-state index is 0.0452. The monoisotopic (exact) mass is 439 g/mol. The molecule has 33 heavy (non-hydrogen) atoms. The third-order valence-electron chi connectivity index (χ3n) is 6.61. The van der Waals surface area contributed by atoms with E-state index < -0.39 is 0 Å². The van der Waals surface area contributed by atoms with Gasteiger partial charge < -0.3 is 14.2 Å². The topological polar surface area (TPSA) is 47.4 Å². The Kier molecular flexibility index (Phi) is 5.63. The zero-order chi connectivity index (χ0) is 22.9. The standard InChI is InChI=1S/C28H29N3O2/c1-19-8-6-10-23(16-19)33-15-14-30-26-12-5-4-11-24(26)29-28(30)22-17-27(32)31(18-22)25-13-7-9-20(2)21(25)3/h4-13,16,22H,14-15,17-18H2,1-3H3. The zero-order valence-corrected chi connectivity index (χ0v) is 19.4. The maximum Gasteiger partial charge on any atom is 0.227 e. The van der Waals surface area contributed by atoms with Crippen LogP contribution in [0.15, 0.2) is 66.7 Å². The Hall–Kier alpha value is -3.60. The molecule has 5 rings (SSSR count). The number of hydrogen-bond acceptors (Lipinski definition) is 3. The summed E-state index contributed by atoms with van der Waals surface area (Å²) in [5.74, 6) is 2.04. The van der Waals surface area contributed by atoms with Crippen molar-refractivity contribution in [3.8, 4) is 5.75 Å². The minimum Gasteiger partial charge on any atom is -0.492 e. The number of fused-ring (bicyclic) bond motifs is 1. The van der Waals surface area contributed by atoms with Gasteiger partial charge in [-0.2, -0.15) is 0 Å². The van der Waals surface area contributed by atoms with Crippen LogP contribution in [0.25, 0.3) is 11.0 Å². The van der Waals surface area contributed by atoms with Crippen molar-refractivity contribution in [2.45, 2.75) is 39.7 Å². The molecule has 0 N–H and O–H groups in total. The van der Waals surface area contributed by atoms with E-state index in [2.05, 4.69) is 43.5 Å². The van der Waals surface area contributed by atoms with Gasteiger partial charge in [0.15, 0.2) is 0 Å². The van der Waals surface area contributed by atoms with Gasteiger partial charge in [0.25, 0.3) is 0 Å². The van der Waals surface area contributed by atoms with Crippen molar-refractivity contribution in [1.82, 2.24) is 9.55 Å². The van der Waals surface area contributed by atoms with Gasteiger partial charge in [-0.05, 0) is 67.8 Å². The van der Waals surface area contributed by atoms with Crippen molar-refractivity contribution in [1.29, 1.82) is 0 Å². The number of anilines is 1. The van der Waals surface area contributed by atoms with Gasteiger partial charge in [-0.1, -0.05) is 36.4 Å². The number of benzene rings is 3. The van der Waals surface area contributed by atoms with Gasteiger partial charge in [0.05, 0.1) is 17.6 Å². The number of hydrogen-bond donors (Lipinski definition) is 0. The molecular weight excluding hydrogens is 410 g/mol. The molecule has 1 fully saturated rings. The van der Waals surface area contributed by atoms with Crippen molar-refractivity contribution < 1.29 is 9.53 Å². The molecule has 0 radical (unpaired) electrons. The van der Waals surface area contributed by atoms with Gasteiger partial charge in [-0.15, -0.1) is 0 Å². The zero-order valence-electron chi connectivity index (χ0n) is 19.4. The molecule has 0 spiro atoms. The molecule has 1 atom stereocenters. The highest BCUT2D eigenvalue weighted by molar-refractivity contribution is 5.97. The molecule has 1 aliphatic rings. The Labute approximate surface area is 194 Å². The van der Waals surface area contributed by atoms with E-state index in [4.69, 9.17) is 9.72 Å². The minimum atomic E-state index is 0.0452. The summed E-state index contributed by atoms with van der Waals surface area (Å²) in [5, 5.41) is 0. The average Bonchev–Trinajstić information content (AvgIpc) is 3.36.